The summed E-state index contributed by atoms with van der Waals surface area (Å²) in [6.45, 7) is 0.890. The second kappa shape index (κ2) is 3.51. The first-order valence-corrected chi connectivity index (χ1v) is 5.87. The van der Waals surface area contributed by atoms with Crippen LogP contribution in [0.15, 0.2) is 18.2 Å². The van der Waals surface area contributed by atoms with Gasteiger partial charge in [0.25, 0.3) is 0 Å². The van der Waals surface area contributed by atoms with Crippen molar-refractivity contribution >= 4 is 11.7 Å². The Labute approximate surface area is 94.7 Å². The fourth-order valence-corrected chi connectivity index (χ4v) is 2.94. The van der Waals surface area contributed by atoms with E-state index in [1.807, 2.05) is 0 Å². The normalized spacial score (nSPS) is 22.8. The predicted octanol–water partition coefficient (Wildman–Crippen LogP) is 1.84. The molecule has 0 saturated carbocycles. The summed E-state index contributed by atoms with van der Waals surface area (Å²) in [7, 11) is 0. The minimum atomic E-state index is -0.691. The van der Waals surface area contributed by atoms with Gasteiger partial charge in [0.1, 0.15) is 6.04 Å². The van der Waals surface area contributed by atoms with Crippen molar-refractivity contribution < 1.29 is 9.90 Å². The number of carboxylic acid groups (broad SMARTS) is 1. The van der Waals surface area contributed by atoms with Crippen LogP contribution in [0.5, 0.6) is 0 Å². The first-order valence-electron chi connectivity index (χ1n) is 5.87. The van der Waals surface area contributed by atoms with Gasteiger partial charge in [0.2, 0.25) is 0 Å². The van der Waals surface area contributed by atoms with E-state index in [0.717, 1.165) is 19.4 Å². The van der Waals surface area contributed by atoms with Crippen molar-refractivity contribution in [1.29, 1.82) is 0 Å². The molecule has 0 radical (unpaired) electrons. The first kappa shape index (κ1) is 9.70. The Morgan fingerprint density at radius 1 is 1.31 bits per heavy atom. The molecule has 0 fully saturated rings. The molecule has 16 heavy (non-hydrogen) atoms. The lowest BCUT2D eigenvalue weighted by molar-refractivity contribution is -0.138. The number of anilines is 1. The fourth-order valence-electron chi connectivity index (χ4n) is 2.94. The Morgan fingerprint density at radius 3 is 2.94 bits per heavy atom. The van der Waals surface area contributed by atoms with Crippen LogP contribution in [0.4, 0.5) is 5.69 Å². The van der Waals surface area contributed by atoms with Crippen LogP contribution >= 0.6 is 0 Å². The molecule has 3 nitrogen and oxygen atoms in total. The number of carboxylic acids is 1. The molecular weight excluding hydrogens is 202 g/mol. The minimum Gasteiger partial charge on any atom is -0.480 e. The van der Waals surface area contributed by atoms with E-state index in [-0.39, 0.29) is 6.04 Å². The third kappa shape index (κ3) is 1.31. The molecule has 2 heterocycles. The Bertz CT molecular complexity index is 442. The van der Waals surface area contributed by atoms with E-state index >= 15 is 0 Å². The van der Waals surface area contributed by atoms with E-state index < -0.39 is 5.97 Å². The maximum atomic E-state index is 11.2. The molecule has 3 rings (SSSR count). The van der Waals surface area contributed by atoms with Crippen LogP contribution in [-0.2, 0) is 17.6 Å². The zero-order valence-electron chi connectivity index (χ0n) is 9.15. The molecule has 3 heteroatoms. The van der Waals surface area contributed by atoms with Crippen molar-refractivity contribution in [2.24, 2.45) is 0 Å². The van der Waals surface area contributed by atoms with E-state index in [9.17, 15) is 9.90 Å². The highest BCUT2D eigenvalue weighted by Crippen LogP contribution is 2.38. The molecule has 0 saturated heterocycles. The number of carbonyl (C=O) groups is 1. The average molecular weight is 217 g/mol. The summed E-state index contributed by atoms with van der Waals surface area (Å²) in [5.41, 5.74) is 3.76. The molecular formula is C13H15NO2. The van der Waals surface area contributed by atoms with Crippen LogP contribution in [0.3, 0.4) is 0 Å². The molecule has 1 aromatic rings. The molecule has 1 atom stereocenters. The van der Waals surface area contributed by atoms with Gasteiger partial charge in [-0.3, -0.25) is 0 Å². The maximum Gasteiger partial charge on any atom is 0.326 e. The maximum absolute atomic E-state index is 11.2. The summed E-state index contributed by atoms with van der Waals surface area (Å²) in [5.74, 6) is -0.691. The monoisotopic (exact) mass is 217 g/mol. The van der Waals surface area contributed by atoms with Gasteiger partial charge in [0.15, 0.2) is 0 Å². The third-order valence-electron chi connectivity index (χ3n) is 3.66. The summed E-state index contributed by atoms with van der Waals surface area (Å²) in [4.78, 5) is 13.3. The van der Waals surface area contributed by atoms with Crippen LogP contribution in [0.1, 0.15) is 24.0 Å². The second-order valence-corrected chi connectivity index (χ2v) is 4.63. The number of para-hydroxylation sites is 1. The molecule has 1 N–H and O–H groups in total. The topological polar surface area (TPSA) is 40.5 Å². The van der Waals surface area contributed by atoms with Crippen LogP contribution < -0.4 is 4.90 Å². The van der Waals surface area contributed by atoms with Crippen molar-refractivity contribution in [3.05, 3.63) is 29.3 Å². The van der Waals surface area contributed by atoms with Crippen molar-refractivity contribution in [2.75, 3.05) is 11.4 Å². The second-order valence-electron chi connectivity index (χ2n) is 4.63. The van der Waals surface area contributed by atoms with Crippen molar-refractivity contribution in [3.63, 3.8) is 0 Å². The molecule has 0 aromatic heterocycles. The fraction of sp³-hybridized carbons (Fsp3) is 0.462. The van der Waals surface area contributed by atoms with Gasteiger partial charge in [-0.2, -0.15) is 0 Å². The van der Waals surface area contributed by atoms with E-state index in [1.165, 1.54) is 23.2 Å². The zero-order valence-corrected chi connectivity index (χ0v) is 9.15. The van der Waals surface area contributed by atoms with Crippen molar-refractivity contribution in [1.82, 2.24) is 0 Å². The Balaban J connectivity index is 2.10. The third-order valence-corrected chi connectivity index (χ3v) is 3.66. The number of benzene rings is 1. The molecule has 0 bridgehead atoms. The van der Waals surface area contributed by atoms with Gasteiger partial charge < -0.3 is 10.0 Å². The molecule has 1 unspecified atom stereocenters. The van der Waals surface area contributed by atoms with E-state index in [4.69, 9.17) is 0 Å². The van der Waals surface area contributed by atoms with Crippen molar-refractivity contribution in [2.45, 2.75) is 31.7 Å². The predicted molar refractivity (Wildman–Crippen MR) is 61.9 cm³/mol. The summed E-state index contributed by atoms with van der Waals surface area (Å²) in [6.07, 6.45) is 4.02. The quantitative estimate of drug-likeness (QED) is 0.780. The first-order chi connectivity index (χ1) is 7.77. The van der Waals surface area contributed by atoms with E-state index in [0.29, 0.717) is 6.42 Å². The molecule has 0 aliphatic carbocycles. The van der Waals surface area contributed by atoms with Crippen LogP contribution in [0.2, 0.25) is 0 Å². The summed E-state index contributed by atoms with van der Waals surface area (Å²) >= 11 is 0. The highest BCUT2D eigenvalue weighted by atomic mass is 16.4. The van der Waals surface area contributed by atoms with Gasteiger partial charge in [0, 0.05) is 18.7 Å². The van der Waals surface area contributed by atoms with Gasteiger partial charge in [-0.05, 0) is 30.4 Å². The average Bonchev–Trinajstić information content (AvgIpc) is 2.50. The van der Waals surface area contributed by atoms with Gasteiger partial charge in [-0.1, -0.05) is 18.2 Å². The summed E-state index contributed by atoms with van der Waals surface area (Å²) < 4.78 is 0. The zero-order chi connectivity index (χ0) is 11.1. The van der Waals surface area contributed by atoms with Gasteiger partial charge in [-0.15, -0.1) is 0 Å². The SMILES string of the molecule is O=C(O)C1Cc2cccc3c2N1CCCC3. The number of aliphatic carboxylic acids is 1. The standard InChI is InChI=1S/C13H15NO2/c15-13(16)11-8-10-6-3-5-9-4-1-2-7-14(11)12(9)10/h3,5-6,11H,1-2,4,7-8H2,(H,15,16). The van der Waals surface area contributed by atoms with Crippen LogP contribution in [0, 0.1) is 0 Å². The Hall–Kier alpha value is -1.51. The van der Waals surface area contributed by atoms with Crippen molar-refractivity contribution in [3.8, 4) is 0 Å². The smallest absolute Gasteiger partial charge is 0.326 e. The molecule has 2 aliphatic heterocycles. The molecule has 84 valence electrons. The number of nitrogens with zero attached hydrogens (tertiary/aromatic N) is 1. The van der Waals surface area contributed by atoms with Gasteiger partial charge >= 0.3 is 5.97 Å². The number of rotatable bonds is 1. The highest BCUT2D eigenvalue weighted by molar-refractivity contribution is 5.83. The lowest BCUT2D eigenvalue weighted by Crippen LogP contribution is -2.39. The summed E-state index contributed by atoms with van der Waals surface area (Å²) in [6, 6.07) is 5.93. The number of aryl methyl sites for hydroxylation is 1. The number of hydrogen-bond donors (Lipinski definition) is 1. The van der Waals surface area contributed by atoms with Crippen LogP contribution in [0.25, 0.3) is 0 Å². The van der Waals surface area contributed by atoms with E-state index in [2.05, 4.69) is 23.1 Å². The lowest BCUT2D eigenvalue weighted by Gasteiger charge is -2.24. The minimum absolute atomic E-state index is 0.339. The highest BCUT2D eigenvalue weighted by Gasteiger charge is 2.36. The number of hydrogen-bond acceptors (Lipinski definition) is 2. The van der Waals surface area contributed by atoms with Crippen LogP contribution in [-0.4, -0.2) is 23.7 Å². The molecule has 1 aromatic carbocycles. The summed E-state index contributed by atoms with van der Waals surface area (Å²) in [5, 5.41) is 9.25. The molecule has 2 aliphatic rings. The Kier molecular flexibility index (Phi) is 2.13. The molecule has 0 spiro atoms. The Morgan fingerprint density at radius 2 is 2.12 bits per heavy atom. The van der Waals surface area contributed by atoms with E-state index in [1.54, 1.807) is 0 Å². The molecule has 0 amide bonds. The largest absolute Gasteiger partial charge is 0.480 e. The lowest BCUT2D eigenvalue weighted by atomic mass is 10.0. The van der Waals surface area contributed by atoms with Gasteiger partial charge in [-0.25, -0.2) is 4.79 Å². The van der Waals surface area contributed by atoms with Gasteiger partial charge in [0.05, 0.1) is 0 Å².